The molecule has 90 valence electrons. The summed E-state index contributed by atoms with van der Waals surface area (Å²) in [6.07, 6.45) is 5.17. The van der Waals surface area contributed by atoms with Crippen LogP contribution >= 0.6 is 0 Å². The summed E-state index contributed by atoms with van der Waals surface area (Å²) in [5.74, 6) is 0.591. The Balaban J connectivity index is 2.02. The van der Waals surface area contributed by atoms with E-state index < -0.39 is 0 Å². The van der Waals surface area contributed by atoms with Gasteiger partial charge in [-0.25, -0.2) is 0 Å². The molecule has 1 aliphatic heterocycles. The number of likely N-dealkylation sites (tertiary alicyclic amines) is 1. The molecule has 3 unspecified atom stereocenters. The van der Waals surface area contributed by atoms with Gasteiger partial charge in [0.1, 0.15) is 0 Å². The van der Waals surface area contributed by atoms with E-state index in [1.54, 1.807) is 0 Å². The van der Waals surface area contributed by atoms with E-state index in [0.29, 0.717) is 18.0 Å². The average molecular weight is 222 g/mol. The summed E-state index contributed by atoms with van der Waals surface area (Å²) in [6, 6.07) is 0.820. The monoisotopic (exact) mass is 222 g/mol. The van der Waals surface area contributed by atoms with Crippen LogP contribution in [0.2, 0.25) is 0 Å². The van der Waals surface area contributed by atoms with Crippen molar-refractivity contribution in [2.75, 3.05) is 13.1 Å². The minimum atomic E-state index is 0.373. The zero-order valence-electron chi connectivity index (χ0n) is 10.4. The van der Waals surface area contributed by atoms with E-state index in [0.717, 1.165) is 19.5 Å². The van der Waals surface area contributed by atoms with E-state index in [2.05, 4.69) is 30.0 Å². The first-order valence-electron chi connectivity index (χ1n) is 6.06. The zero-order chi connectivity index (χ0) is 11.7. The van der Waals surface area contributed by atoms with Gasteiger partial charge in [-0.15, -0.1) is 0 Å². The van der Waals surface area contributed by atoms with Gasteiger partial charge < -0.3 is 5.73 Å². The molecular weight excluding hydrogens is 200 g/mol. The van der Waals surface area contributed by atoms with Gasteiger partial charge in [0.2, 0.25) is 0 Å². The van der Waals surface area contributed by atoms with E-state index in [9.17, 15) is 0 Å². The third-order valence-corrected chi connectivity index (χ3v) is 3.76. The Morgan fingerprint density at radius 3 is 2.88 bits per heavy atom. The molecule has 0 aliphatic carbocycles. The Morgan fingerprint density at radius 2 is 2.31 bits per heavy atom. The van der Waals surface area contributed by atoms with Gasteiger partial charge in [-0.1, -0.05) is 6.92 Å². The number of hydrogen-bond acceptors (Lipinski definition) is 3. The second-order valence-corrected chi connectivity index (χ2v) is 5.05. The summed E-state index contributed by atoms with van der Waals surface area (Å²) in [5, 5.41) is 4.23. The van der Waals surface area contributed by atoms with Crippen LogP contribution in [0.1, 0.15) is 31.9 Å². The van der Waals surface area contributed by atoms with E-state index in [1.807, 2.05) is 17.9 Å². The van der Waals surface area contributed by atoms with Crippen LogP contribution in [0.4, 0.5) is 0 Å². The van der Waals surface area contributed by atoms with Crippen LogP contribution in [0.25, 0.3) is 0 Å². The van der Waals surface area contributed by atoms with Crippen molar-refractivity contribution in [3.63, 3.8) is 0 Å². The summed E-state index contributed by atoms with van der Waals surface area (Å²) in [5.41, 5.74) is 7.34. The van der Waals surface area contributed by atoms with E-state index in [-0.39, 0.29) is 0 Å². The SMILES string of the molecule is CC1CN(C(C)c2cnn(C)c2)CCC1N. The van der Waals surface area contributed by atoms with Gasteiger partial charge in [0.05, 0.1) is 6.20 Å². The van der Waals surface area contributed by atoms with Crippen molar-refractivity contribution in [3.8, 4) is 0 Å². The fourth-order valence-corrected chi connectivity index (χ4v) is 2.41. The maximum atomic E-state index is 6.04. The molecule has 0 saturated carbocycles. The maximum absolute atomic E-state index is 6.04. The van der Waals surface area contributed by atoms with E-state index in [1.165, 1.54) is 5.56 Å². The first-order chi connectivity index (χ1) is 7.58. The molecule has 1 aliphatic rings. The number of nitrogens with zero attached hydrogens (tertiary/aromatic N) is 3. The van der Waals surface area contributed by atoms with Gasteiger partial charge >= 0.3 is 0 Å². The lowest BCUT2D eigenvalue weighted by atomic mass is 9.93. The van der Waals surface area contributed by atoms with Gasteiger partial charge in [-0.3, -0.25) is 9.58 Å². The molecule has 2 N–H and O–H groups in total. The first kappa shape index (κ1) is 11.6. The largest absolute Gasteiger partial charge is 0.327 e. The second kappa shape index (κ2) is 4.55. The number of nitrogens with two attached hydrogens (primary N) is 1. The Morgan fingerprint density at radius 1 is 1.56 bits per heavy atom. The molecule has 1 aromatic heterocycles. The second-order valence-electron chi connectivity index (χ2n) is 5.05. The van der Waals surface area contributed by atoms with Gasteiger partial charge in [0.25, 0.3) is 0 Å². The van der Waals surface area contributed by atoms with Gasteiger partial charge in [0.15, 0.2) is 0 Å². The fraction of sp³-hybridized carbons (Fsp3) is 0.750. The van der Waals surface area contributed by atoms with Gasteiger partial charge in [-0.05, 0) is 19.3 Å². The van der Waals surface area contributed by atoms with Crippen molar-refractivity contribution in [2.24, 2.45) is 18.7 Å². The molecule has 1 aromatic rings. The topological polar surface area (TPSA) is 47.1 Å². The number of aryl methyl sites for hydroxylation is 1. The smallest absolute Gasteiger partial charge is 0.0537 e. The number of piperidine rings is 1. The molecule has 0 spiro atoms. The average Bonchev–Trinajstić information content (AvgIpc) is 2.68. The Hall–Kier alpha value is -0.870. The Kier molecular flexibility index (Phi) is 3.30. The van der Waals surface area contributed by atoms with Crippen LogP contribution < -0.4 is 5.73 Å². The highest BCUT2D eigenvalue weighted by Gasteiger charge is 2.27. The van der Waals surface area contributed by atoms with E-state index >= 15 is 0 Å². The van der Waals surface area contributed by atoms with Crippen molar-refractivity contribution >= 4 is 0 Å². The third kappa shape index (κ3) is 2.28. The Labute approximate surface area is 97.4 Å². The van der Waals surface area contributed by atoms with Crippen LogP contribution in [0.5, 0.6) is 0 Å². The number of hydrogen-bond donors (Lipinski definition) is 1. The molecule has 1 fully saturated rings. The van der Waals surface area contributed by atoms with Crippen LogP contribution in [0, 0.1) is 5.92 Å². The maximum Gasteiger partial charge on any atom is 0.0537 e. The summed E-state index contributed by atoms with van der Waals surface area (Å²) >= 11 is 0. The van der Waals surface area contributed by atoms with Crippen molar-refractivity contribution < 1.29 is 0 Å². The predicted octanol–water partition coefficient (Wildman–Crippen LogP) is 1.15. The molecular formula is C12H22N4. The van der Waals surface area contributed by atoms with Gasteiger partial charge in [-0.2, -0.15) is 5.10 Å². The molecule has 3 atom stereocenters. The molecule has 1 saturated heterocycles. The molecule has 0 aromatic carbocycles. The molecule has 4 heteroatoms. The molecule has 2 heterocycles. The Bertz CT molecular complexity index is 347. The minimum Gasteiger partial charge on any atom is -0.327 e. The highest BCUT2D eigenvalue weighted by molar-refractivity contribution is 5.09. The highest BCUT2D eigenvalue weighted by Crippen LogP contribution is 2.25. The summed E-state index contributed by atoms with van der Waals surface area (Å²) in [4.78, 5) is 2.50. The highest BCUT2D eigenvalue weighted by atomic mass is 15.2. The van der Waals surface area contributed by atoms with Crippen LogP contribution in [0.15, 0.2) is 12.4 Å². The quantitative estimate of drug-likeness (QED) is 0.816. The zero-order valence-corrected chi connectivity index (χ0v) is 10.4. The van der Waals surface area contributed by atoms with Crippen LogP contribution in [-0.2, 0) is 7.05 Å². The lowest BCUT2D eigenvalue weighted by Crippen LogP contribution is -2.46. The molecule has 0 radical (unpaired) electrons. The number of aromatic nitrogens is 2. The summed E-state index contributed by atoms with van der Waals surface area (Å²) in [6.45, 7) is 6.69. The van der Waals surface area contributed by atoms with Crippen molar-refractivity contribution in [1.29, 1.82) is 0 Å². The molecule has 0 amide bonds. The van der Waals surface area contributed by atoms with Gasteiger partial charge in [0, 0.05) is 44.0 Å². The molecule has 4 nitrogen and oxygen atoms in total. The summed E-state index contributed by atoms with van der Waals surface area (Å²) in [7, 11) is 1.96. The predicted molar refractivity (Wildman–Crippen MR) is 65.0 cm³/mol. The van der Waals surface area contributed by atoms with Crippen LogP contribution in [0.3, 0.4) is 0 Å². The van der Waals surface area contributed by atoms with Crippen molar-refractivity contribution in [3.05, 3.63) is 18.0 Å². The van der Waals surface area contributed by atoms with Crippen molar-refractivity contribution in [2.45, 2.75) is 32.4 Å². The number of rotatable bonds is 2. The molecule has 0 bridgehead atoms. The third-order valence-electron chi connectivity index (χ3n) is 3.76. The fourth-order valence-electron chi connectivity index (χ4n) is 2.41. The lowest BCUT2D eigenvalue weighted by Gasteiger charge is -2.38. The standard InChI is InChI=1S/C12H22N4/c1-9-7-16(5-4-12(9)13)10(2)11-6-14-15(3)8-11/h6,8-10,12H,4-5,7,13H2,1-3H3. The van der Waals surface area contributed by atoms with Crippen molar-refractivity contribution in [1.82, 2.24) is 14.7 Å². The summed E-state index contributed by atoms with van der Waals surface area (Å²) < 4.78 is 1.87. The van der Waals surface area contributed by atoms with E-state index in [4.69, 9.17) is 5.73 Å². The normalized spacial score (nSPS) is 29.2. The molecule has 16 heavy (non-hydrogen) atoms. The lowest BCUT2D eigenvalue weighted by molar-refractivity contribution is 0.124. The first-order valence-corrected chi connectivity index (χ1v) is 6.06. The van der Waals surface area contributed by atoms with Crippen LogP contribution in [-0.4, -0.2) is 33.8 Å². The minimum absolute atomic E-state index is 0.373. The molecule has 2 rings (SSSR count).